The molecular weight excluding hydrogens is 352 g/mol. The maximum atomic E-state index is 12.9. The first-order chi connectivity index (χ1) is 13.5. The molecule has 4 rings (SSSR count). The first-order valence-electron chi connectivity index (χ1n) is 10.7. The molecule has 1 saturated carbocycles. The number of hydrogen-bond donors (Lipinski definition) is 3. The molecule has 6 nitrogen and oxygen atoms in total. The van der Waals surface area contributed by atoms with E-state index in [1.165, 1.54) is 6.42 Å². The molecule has 1 aromatic carbocycles. The summed E-state index contributed by atoms with van der Waals surface area (Å²) < 4.78 is 1.92. The van der Waals surface area contributed by atoms with Gasteiger partial charge in [0.1, 0.15) is 0 Å². The summed E-state index contributed by atoms with van der Waals surface area (Å²) in [5.41, 5.74) is 0.962. The number of fused-ring (bicyclic) bond motifs is 1. The summed E-state index contributed by atoms with van der Waals surface area (Å²) in [6.45, 7) is 4.89. The van der Waals surface area contributed by atoms with Crippen LogP contribution in [0.1, 0.15) is 75.3 Å². The van der Waals surface area contributed by atoms with E-state index in [2.05, 4.69) is 29.6 Å². The predicted molar refractivity (Wildman–Crippen MR) is 110 cm³/mol. The van der Waals surface area contributed by atoms with Crippen LogP contribution in [0.3, 0.4) is 0 Å². The van der Waals surface area contributed by atoms with Crippen LogP contribution in [0, 0.1) is 0 Å². The molecular formula is C22H32N4O2. The molecule has 1 aliphatic carbocycles. The summed E-state index contributed by atoms with van der Waals surface area (Å²) in [6.07, 6.45) is 6.92. The lowest BCUT2D eigenvalue weighted by Gasteiger charge is -2.34. The number of aliphatic hydroxyl groups is 1. The van der Waals surface area contributed by atoms with E-state index in [1.54, 1.807) is 0 Å². The van der Waals surface area contributed by atoms with Crippen molar-refractivity contribution in [3.05, 3.63) is 30.0 Å². The fourth-order valence-corrected chi connectivity index (χ4v) is 4.86. The summed E-state index contributed by atoms with van der Waals surface area (Å²) in [5.74, 6) is -0.112. The van der Waals surface area contributed by atoms with Crippen molar-refractivity contribution in [2.45, 2.75) is 82.5 Å². The van der Waals surface area contributed by atoms with Crippen molar-refractivity contribution in [3.8, 4) is 0 Å². The zero-order valence-corrected chi connectivity index (χ0v) is 16.9. The van der Waals surface area contributed by atoms with E-state index in [-0.39, 0.29) is 24.0 Å². The van der Waals surface area contributed by atoms with E-state index in [0.717, 1.165) is 56.0 Å². The van der Waals surface area contributed by atoms with E-state index in [4.69, 9.17) is 0 Å². The number of carbonyl (C=O) groups is 1. The molecule has 0 spiro atoms. The predicted octanol–water partition coefficient (Wildman–Crippen LogP) is 3.16. The van der Waals surface area contributed by atoms with Crippen LogP contribution in [-0.2, 0) is 0 Å². The van der Waals surface area contributed by atoms with Crippen LogP contribution in [0.5, 0.6) is 0 Å². The SMILES string of the molecule is CC(C)n1nc(C(=O)NC2CN[C@H](CC3(O)CCCCC3)C2)c2ccccc21. The number of amides is 1. The Morgan fingerprint density at radius 1 is 1.32 bits per heavy atom. The molecule has 1 unspecified atom stereocenters. The van der Waals surface area contributed by atoms with E-state index in [1.807, 2.05) is 28.9 Å². The molecule has 152 valence electrons. The van der Waals surface area contributed by atoms with Crippen LogP contribution in [0.2, 0.25) is 0 Å². The quantitative estimate of drug-likeness (QED) is 0.740. The van der Waals surface area contributed by atoms with Crippen molar-refractivity contribution in [2.24, 2.45) is 0 Å². The van der Waals surface area contributed by atoms with Crippen molar-refractivity contribution in [2.75, 3.05) is 6.54 Å². The fraction of sp³-hybridized carbons (Fsp3) is 0.636. The minimum absolute atomic E-state index is 0.0765. The second-order valence-corrected chi connectivity index (χ2v) is 8.90. The average molecular weight is 385 g/mol. The molecule has 1 aromatic heterocycles. The highest BCUT2D eigenvalue weighted by molar-refractivity contribution is 6.05. The van der Waals surface area contributed by atoms with Crippen molar-refractivity contribution in [1.82, 2.24) is 20.4 Å². The normalized spacial score (nSPS) is 24.7. The molecule has 2 heterocycles. The third-order valence-corrected chi connectivity index (χ3v) is 6.29. The van der Waals surface area contributed by atoms with Gasteiger partial charge in [-0.1, -0.05) is 37.5 Å². The van der Waals surface area contributed by atoms with E-state index < -0.39 is 5.60 Å². The number of aromatic nitrogens is 2. The van der Waals surface area contributed by atoms with Gasteiger partial charge in [0.25, 0.3) is 5.91 Å². The molecule has 2 fully saturated rings. The highest BCUT2D eigenvalue weighted by atomic mass is 16.3. The van der Waals surface area contributed by atoms with E-state index in [0.29, 0.717) is 5.69 Å². The van der Waals surface area contributed by atoms with Gasteiger partial charge in [0.2, 0.25) is 0 Å². The summed E-state index contributed by atoms with van der Waals surface area (Å²) in [6, 6.07) is 8.43. The average Bonchev–Trinajstić information content (AvgIpc) is 3.26. The molecule has 6 heteroatoms. The Balaban J connectivity index is 1.41. The van der Waals surface area contributed by atoms with Crippen LogP contribution in [0.25, 0.3) is 10.9 Å². The minimum atomic E-state index is -0.527. The van der Waals surface area contributed by atoms with Crippen LogP contribution in [0.15, 0.2) is 24.3 Å². The molecule has 2 aliphatic rings. The van der Waals surface area contributed by atoms with Crippen LogP contribution >= 0.6 is 0 Å². The largest absolute Gasteiger partial charge is 0.390 e. The molecule has 1 saturated heterocycles. The van der Waals surface area contributed by atoms with Crippen molar-refractivity contribution >= 4 is 16.8 Å². The molecule has 2 atom stereocenters. The van der Waals surface area contributed by atoms with E-state index >= 15 is 0 Å². The zero-order valence-electron chi connectivity index (χ0n) is 16.9. The van der Waals surface area contributed by atoms with Gasteiger partial charge in [-0.3, -0.25) is 9.48 Å². The highest BCUT2D eigenvalue weighted by Crippen LogP contribution is 2.33. The highest BCUT2D eigenvalue weighted by Gasteiger charge is 2.35. The molecule has 28 heavy (non-hydrogen) atoms. The molecule has 3 N–H and O–H groups in total. The minimum Gasteiger partial charge on any atom is -0.390 e. The third-order valence-electron chi connectivity index (χ3n) is 6.29. The lowest BCUT2D eigenvalue weighted by molar-refractivity contribution is -0.0108. The second-order valence-electron chi connectivity index (χ2n) is 8.90. The summed E-state index contributed by atoms with van der Waals surface area (Å²) in [7, 11) is 0. The Kier molecular flexibility index (Phi) is 5.43. The van der Waals surface area contributed by atoms with Crippen molar-refractivity contribution < 1.29 is 9.90 Å². The molecule has 0 radical (unpaired) electrons. The van der Waals surface area contributed by atoms with Gasteiger partial charge in [0, 0.05) is 30.1 Å². The fourth-order valence-electron chi connectivity index (χ4n) is 4.86. The number of carbonyl (C=O) groups excluding carboxylic acids is 1. The Hall–Kier alpha value is -1.92. The lowest BCUT2D eigenvalue weighted by Crippen LogP contribution is -2.38. The van der Waals surface area contributed by atoms with E-state index in [9.17, 15) is 9.90 Å². The maximum Gasteiger partial charge on any atom is 0.272 e. The standard InChI is InChI=1S/C22H32N4O2/c1-15(2)26-19-9-5-4-8-18(19)20(25-26)21(27)24-17-12-16(23-14-17)13-22(28)10-6-3-7-11-22/h4-5,8-9,15-17,23,28H,3,6-7,10-14H2,1-2H3,(H,24,27)/t16-,17?/m0/s1. The van der Waals surface area contributed by atoms with Gasteiger partial charge in [-0.25, -0.2) is 0 Å². The number of nitrogens with zero attached hydrogens (tertiary/aromatic N) is 2. The first-order valence-corrected chi connectivity index (χ1v) is 10.7. The molecule has 2 aromatic rings. The monoisotopic (exact) mass is 384 g/mol. The Morgan fingerprint density at radius 3 is 2.82 bits per heavy atom. The zero-order chi connectivity index (χ0) is 19.7. The molecule has 1 aliphatic heterocycles. The molecule has 1 amide bonds. The number of hydrogen-bond acceptors (Lipinski definition) is 4. The Morgan fingerprint density at radius 2 is 2.07 bits per heavy atom. The lowest BCUT2D eigenvalue weighted by atomic mass is 9.80. The summed E-state index contributed by atoms with van der Waals surface area (Å²) in [5, 5.41) is 23.0. The third kappa shape index (κ3) is 3.94. The van der Waals surface area contributed by atoms with Gasteiger partial charge in [-0.2, -0.15) is 5.10 Å². The van der Waals surface area contributed by atoms with Crippen molar-refractivity contribution in [3.63, 3.8) is 0 Å². The van der Waals surface area contributed by atoms with Crippen LogP contribution in [-0.4, -0.2) is 45.0 Å². The first kappa shape index (κ1) is 19.4. The number of nitrogens with one attached hydrogen (secondary N) is 2. The maximum absolute atomic E-state index is 12.9. The van der Waals surface area contributed by atoms with Gasteiger partial charge in [0.05, 0.1) is 11.1 Å². The summed E-state index contributed by atoms with van der Waals surface area (Å²) >= 11 is 0. The number of rotatable bonds is 5. The van der Waals surface area contributed by atoms with Crippen LogP contribution < -0.4 is 10.6 Å². The van der Waals surface area contributed by atoms with Crippen molar-refractivity contribution in [1.29, 1.82) is 0 Å². The topological polar surface area (TPSA) is 79.2 Å². The number of para-hydroxylation sites is 1. The Bertz CT molecular complexity index is 838. The van der Waals surface area contributed by atoms with Crippen LogP contribution in [0.4, 0.5) is 0 Å². The number of benzene rings is 1. The van der Waals surface area contributed by atoms with Gasteiger partial charge in [-0.15, -0.1) is 0 Å². The molecule has 0 bridgehead atoms. The van der Waals surface area contributed by atoms with Gasteiger partial charge < -0.3 is 15.7 Å². The van der Waals surface area contributed by atoms with Gasteiger partial charge >= 0.3 is 0 Å². The smallest absolute Gasteiger partial charge is 0.272 e. The summed E-state index contributed by atoms with van der Waals surface area (Å²) in [4.78, 5) is 12.9. The van der Waals surface area contributed by atoms with Gasteiger partial charge in [0.15, 0.2) is 5.69 Å². The Labute approximate surface area is 166 Å². The second kappa shape index (κ2) is 7.84. The van der Waals surface area contributed by atoms with Gasteiger partial charge in [-0.05, 0) is 45.6 Å².